The van der Waals surface area contributed by atoms with Crippen molar-refractivity contribution in [3.63, 3.8) is 0 Å². The zero-order valence-corrected chi connectivity index (χ0v) is 16.0. The summed E-state index contributed by atoms with van der Waals surface area (Å²) in [4.78, 5) is 39.9. The van der Waals surface area contributed by atoms with E-state index in [-0.39, 0.29) is 24.4 Å². The second-order valence-electron chi connectivity index (χ2n) is 6.73. The van der Waals surface area contributed by atoms with Gasteiger partial charge in [0.2, 0.25) is 11.9 Å². The van der Waals surface area contributed by atoms with Crippen molar-refractivity contribution in [1.82, 2.24) is 24.8 Å². The molecule has 0 radical (unpaired) electrons. The Hall–Kier alpha value is -3.33. The maximum atomic E-state index is 12.5. The summed E-state index contributed by atoms with van der Waals surface area (Å²) in [5.41, 5.74) is 1.24. The summed E-state index contributed by atoms with van der Waals surface area (Å²) in [7, 11) is 0. The third-order valence-electron chi connectivity index (χ3n) is 4.77. The maximum Gasteiger partial charge on any atom is 0.261 e. The number of aryl methyl sites for hydroxylation is 1. The Morgan fingerprint density at radius 3 is 2.83 bits per heavy atom. The van der Waals surface area contributed by atoms with Gasteiger partial charge in [0, 0.05) is 32.3 Å². The Morgan fingerprint density at radius 2 is 1.97 bits per heavy atom. The van der Waals surface area contributed by atoms with Crippen LogP contribution in [0.2, 0.25) is 0 Å². The minimum Gasteiger partial charge on any atom is -0.378 e. The number of morpholine rings is 1. The number of nitrogens with one attached hydrogen (secondary N) is 1. The number of nitrogens with zero attached hydrogens (tertiary/aromatic N) is 5. The molecule has 0 bridgehead atoms. The summed E-state index contributed by atoms with van der Waals surface area (Å²) >= 11 is 0. The van der Waals surface area contributed by atoms with Crippen molar-refractivity contribution in [2.24, 2.45) is 0 Å². The topological polar surface area (TPSA) is 102 Å². The molecule has 0 aliphatic carbocycles. The molecule has 1 aliphatic rings. The zero-order valence-electron chi connectivity index (χ0n) is 16.0. The largest absolute Gasteiger partial charge is 0.378 e. The van der Waals surface area contributed by atoms with E-state index in [0.717, 1.165) is 18.8 Å². The highest BCUT2D eigenvalue weighted by Crippen LogP contribution is 2.10. The molecule has 1 amide bonds. The fourth-order valence-corrected chi connectivity index (χ4v) is 3.16. The fraction of sp³-hybridized carbons (Fsp3) is 0.350. The van der Waals surface area contributed by atoms with Gasteiger partial charge in [-0.25, -0.2) is 15.0 Å². The highest BCUT2D eigenvalue weighted by atomic mass is 16.5. The molecule has 9 heteroatoms. The standard InChI is InChI=1S/C20H22N6O3/c27-18(6-8-26-14-23-17-4-2-1-3-16(17)19(26)28)22-13-15-5-7-21-20(24-15)25-9-11-29-12-10-25/h1-5,7,14H,6,8-13H2,(H,22,27). The highest BCUT2D eigenvalue weighted by Gasteiger charge is 2.14. The number of amides is 1. The van der Waals surface area contributed by atoms with E-state index in [2.05, 4.69) is 25.2 Å². The quantitative estimate of drug-likeness (QED) is 0.657. The first-order valence-corrected chi connectivity index (χ1v) is 9.56. The van der Waals surface area contributed by atoms with Crippen LogP contribution in [-0.4, -0.2) is 51.7 Å². The predicted octanol–water partition coefficient (Wildman–Crippen LogP) is 0.730. The first-order chi connectivity index (χ1) is 14.2. The van der Waals surface area contributed by atoms with Crippen LogP contribution in [-0.2, 0) is 22.6 Å². The Morgan fingerprint density at radius 1 is 1.14 bits per heavy atom. The summed E-state index contributed by atoms with van der Waals surface area (Å²) in [6.07, 6.45) is 3.36. The maximum absolute atomic E-state index is 12.5. The van der Waals surface area contributed by atoms with Crippen LogP contribution >= 0.6 is 0 Å². The molecule has 1 N–H and O–H groups in total. The number of carbonyl (C=O) groups excluding carboxylic acids is 1. The first-order valence-electron chi connectivity index (χ1n) is 9.56. The van der Waals surface area contributed by atoms with E-state index < -0.39 is 0 Å². The molecule has 2 aromatic heterocycles. The lowest BCUT2D eigenvalue weighted by Crippen LogP contribution is -2.37. The monoisotopic (exact) mass is 394 g/mol. The normalized spacial score (nSPS) is 14.1. The highest BCUT2D eigenvalue weighted by molar-refractivity contribution is 5.77. The minimum atomic E-state index is -0.156. The van der Waals surface area contributed by atoms with Crippen LogP contribution in [0.5, 0.6) is 0 Å². The molecule has 3 aromatic rings. The van der Waals surface area contributed by atoms with Gasteiger partial charge in [-0.1, -0.05) is 12.1 Å². The van der Waals surface area contributed by atoms with Gasteiger partial charge in [0.15, 0.2) is 0 Å². The van der Waals surface area contributed by atoms with Crippen molar-refractivity contribution in [2.75, 3.05) is 31.2 Å². The van der Waals surface area contributed by atoms with Crippen molar-refractivity contribution in [1.29, 1.82) is 0 Å². The van der Waals surface area contributed by atoms with E-state index in [1.54, 1.807) is 30.5 Å². The minimum absolute atomic E-state index is 0.144. The Kier molecular flexibility index (Phi) is 5.76. The molecular formula is C20H22N6O3. The molecule has 3 heterocycles. The second kappa shape index (κ2) is 8.78. The number of rotatable bonds is 6. The van der Waals surface area contributed by atoms with E-state index in [1.807, 2.05) is 6.07 Å². The average molecular weight is 394 g/mol. The summed E-state index contributed by atoms with van der Waals surface area (Å²) in [5.74, 6) is 0.491. The van der Waals surface area contributed by atoms with Crippen LogP contribution < -0.4 is 15.8 Å². The molecule has 0 unspecified atom stereocenters. The average Bonchev–Trinajstić information content (AvgIpc) is 2.78. The number of benzene rings is 1. The number of aromatic nitrogens is 4. The van der Waals surface area contributed by atoms with E-state index in [4.69, 9.17) is 4.74 Å². The van der Waals surface area contributed by atoms with Gasteiger partial charge in [-0.15, -0.1) is 0 Å². The van der Waals surface area contributed by atoms with Gasteiger partial charge >= 0.3 is 0 Å². The number of hydrogen-bond donors (Lipinski definition) is 1. The molecule has 1 fully saturated rings. The molecule has 0 spiro atoms. The van der Waals surface area contributed by atoms with Crippen LogP contribution in [0.1, 0.15) is 12.1 Å². The van der Waals surface area contributed by atoms with Gasteiger partial charge < -0.3 is 15.0 Å². The lowest BCUT2D eigenvalue weighted by Gasteiger charge is -2.26. The smallest absolute Gasteiger partial charge is 0.261 e. The Bertz CT molecular complexity index is 1060. The van der Waals surface area contributed by atoms with Gasteiger partial charge in [0.25, 0.3) is 5.56 Å². The van der Waals surface area contributed by atoms with Crippen LogP contribution in [0.25, 0.3) is 10.9 Å². The molecule has 9 nitrogen and oxygen atoms in total. The lowest BCUT2D eigenvalue weighted by atomic mass is 10.2. The number of fused-ring (bicyclic) bond motifs is 1. The number of ether oxygens (including phenoxy) is 1. The molecule has 0 atom stereocenters. The van der Waals surface area contributed by atoms with Crippen molar-refractivity contribution in [3.8, 4) is 0 Å². The number of carbonyl (C=O) groups is 1. The van der Waals surface area contributed by atoms with Gasteiger partial charge in [0.05, 0.1) is 42.7 Å². The van der Waals surface area contributed by atoms with Crippen LogP contribution in [0.4, 0.5) is 5.95 Å². The van der Waals surface area contributed by atoms with Crippen LogP contribution in [0.3, 0.4) is 0 Å². The van der Waals surface area contributed by atoms with Crippen molar-refractivity contribution < 1.29 is 9.53 Å². The van der Waals surface area contributed by atoms with Gasteiger partial charge in [-0.05, 0) is 18.2 Å². The summed E-state index contributed by atoms with van der Waals surface area (Å²) in [6.45, 7) is 3.41. The summed E-state index contributed by atoms with van der Waals surface area (Å²) < 4.78 is 6.80. The van der Waals surface area contributed by atoms with Gasteiger partial charge in [-0.3, -0.25) is 14.2 Å². The third-order valence-corrected chi connectivity index (χ3v) is 4.77. The summed E-state index contributed by atoms with van der Waals surface area (Å²) in [6, 6.07) is 8.95. The molecule has 150 valence electrons. The van der Waals surface area contributed by atoms with E-state index in [9.17, 15) is 9.59 Å². The Labute approximate surface area is 167 Å². The molecule has 29 heavy (non-hydrogen) atoms. The van der Waals surface area contributed by atoms with Crippen molar-refractivity contribution in [3.05, 3.63) is 58.9 Å². The van der Waals surface area contributed by atoms with Crippen molar-refractivity contribution in [2.45, 2.75) is 19.5 Å². The summed E-state index contributed by atoms with van der Waals surface area (Å²) in [5, 5.41) is 3.40. The second-order valence-corrected chi connectivity index (χ2v) is 6.73. The molecule has 4 rings (SSSR count). The fourth-order valence-electron chi connectivity index (χ4n) is 3.16. The zero-order chi connectivity index (χ0) is 20.1. The van der Waals surface area contributed by atoms with Gasteiger partial charge in [0.1, 0.15) is 0 Å². The molecular weight excluding hydrogens is 372 g/mol. The van der Waals surface area contributed by atoms with E-state index in [1.165, 1.54) is 10.9 Å². The van der Waals surface area contributed by atoms with Gasteiger partial charge in [-0.2, -0.15) is 0 Å². The molecule has 1 aromatic carbocycles. The molecule has 0 saturated carbocycles. The number of hydrogen-bond acceptors (Lipinski definition) is 7. The first kappa shape index (κ1) is 19.0. The number of anilines is 1. The lowest BCUT2D eigenvalue weighted by molar-refractivity contribution is -0.121. The predicted molar refractivity (Wildman–Crippen MR) is 108 cm³/mol. The van der Waals surface area contributed by atoms with E-state index >= 15 is 0 Å². The van der Waals surface area contributed by atoms with Crippen LogP contribution in [0.15, 0.2) is 47.7 Å². The SMILES string of the molecule is O=C(CCn1cnc2ccccc2c1=O)NCc1ccnc(N2CCOCC2)n1. The van der Waals surface area contributed by atoms with E-state index in [0.29, 0.717) is 36.6 Å². The number of para-hydroxylation sites is 1. The molecule has 1 aliphatic heterocycles. The third kappa shape index (κ3) is 4.57. The van der Waals surface area contributed by atoms with Crippen LogP contribution in [0, 0.1) is 0 Å². The Balaban J connectivity index is 1.33. The van der Waals surface area contributed by atoms with Crippen molar-refractivity contribution >= 4 is 22.8 Å². The molecule has 1 saturated heterocycles.